The summed E-state index contributed by atoms with van der Waals surface area (Å²) in [4.78, 5) is 27.2. The lowest BCUT2D eigenvalue weighted by Gasteiger charge is -2.14. The molecular formula is C25H28N2O4S2. The maximum Gasteiger partial charge on any atom is 0.266 e. The molecule has 1 N–H and O–H groups in total. The van der Waals surface area contributed by atoms with Gasteiger partial charge in [0, 0.05) is 18.7 Å². The van der Waals surface area contributed by atoms with Crippen LogP contribution >= 0.6 is 24.0 Å². The van der Waals surface area contributed by atoms with E-state index < -0.39 is 0 Å². The Morgan fingerprint density at radius 2 is 1.85 bits per heavy atom. The highest BCUT2D eigenvalue weighted by Crippen LogP contribution is 2.34. The summed E-state index contributed by atoms with van der Waals surface area (Å²) in [5.74, 6) is 1.16. The lowest BCUT2D eigenvalue weighted by molar-refractivity contribution is -0.122. The number of methoxy groups -OCH3 is 2. The van der Waals surface area contributed by atoms with E-state index in [9.17, 15) is 9.59 Å². The van der Waals surface area contributed by atoms with E-state index >= 15 is 0 Å². The van der Waals surface area contributed by atoms with E-state index in [2.05, 4.69) is 5.32 Å². The van der Waals surface area contributed by atoms with Gasteiger partial charge in [-0.2, -0.15) is 0 Å². The summed E-state index contributed by atoms with van der Waals surface area (Å²) >= 11 is 6.73. The van der Waals surface area contributed by atoms with E-state index in [1.807, 2.05) is 49.4 Å². The SMILES string of the molecule is COc1ccc(C=C2SC(=S)N(CCCCCC(=O)Nc3ccccc3C)C2=O)cc1OC. The van der Waals surface area contributed by atoms with Crippen LogP contribution < -0.4 is 14.8 Å². The molecule has 174 valence electrons. The van der Waals surface area contributed by atoms with E-state index in [1.54, 1.807) is 25.2 Å². The van der Waals surface area contributed by atoms with Gasteiger partial charge in [-0.25, -0.2) is 0 Å². The summed E-state index contributed by atoms with van der Waals surface area (Å²) in [5, 5.41) is 2.95. The van der Waals surface area contributed by atoms with Crippen molar-refractivity contribution in [2.24, 2.45) is 0 Å². The Balaban J connectivity index is 1.47. The maximum absolute atomic E-state index is 12.8. The van der Waals surface area contributed by atoms with Gasteiger partial charge in [0.2, 0.25) is 5.91 Å². The molecule has 0 radical (unpaired) electrons. The van der Waals surface area contributed by atoms with Gasteiger partial charge in [0.15, 0.2) is 11.5 Å². The van der Waals surface area contributed by atoms with Gasteiger partial charge in [-0.15, -0.1) is 0 Å². The first kappa shape index (κ1) is 24.8. The monoisotopic (exact) mass is 484 g/mol. The van der Waals surface area contributed by atoms with Crippen molar-refractivity contribution in [2.75, 3.05) is 26.1 Å². The maximum atomic E-state index is 12.8. The predicted molar refractivity (Wildman–Crippen MR) is 138 cm³/mol. The number of anilines is 1. The van der Waals surface area contributed by atoms with Gasteiger partial charge in [-0.1, -0.05) is 54.7 Å². The van der Waals surface area contributed by atoms with Crippen molar-refractivity contribution < 1.29 is 19.1 Å². The van der Waals surface area contributed by atoms with Crippen LogP contribution in [-0.4, -0.2) is 41.8 Å². The standard InChI is InChI=1S/C25H28N2O4S2/c1-17-9-6-7-10-19(17)26-23(28)11-5-4-8-14-27-24(29)22(33-25(27)32)16-18-12-13-20(30-2)21(15-18)31-3/h6-7,9-10,12-13,15-16H,4-5,8,11,14H2,1-3H3,(H,26,28). The molecule has 2 aromatic carbocycles. The van der Waals surface area contributed by atoms with Crippen molar-refractivity contribution in [2.45, 2.75) is 32.6 Å². The van der Waals surface area contributed by atoms with Crippen LogP contribution in [0.4, 0.5) is 5.69 Å². The average Bonchev–Trinajstić information content (AvgIpc) is 3.07. The first-order valence-corrected chi connectivity index (χ1v) is 12.0. The highest BCUT2D eigenvalue weighted by Gasteiger charge is 2.31. The van der Waals surface area contributed by atoms with Gasteiger partial charge < -0.3 is 14.8 Å². The fraction of sp³-hybridized carbons (Fsp3) is 0.320. The van der Waals surface area contributed by atoms with Gasteiger partial charge in [-0.05, 0) is 55.2 Å². The van der Waals surface area contributed by atoms with Crippen LogP contribution in [0.5, 0.6) is 11.5 Å². The molecule has 0 saturated carbocycles. The Labute approximate surface area is 204 Å². The van der Waals surface area contributed by atoms with Crippen LogP contribution in [0, 0.1) is 6.92 Å². The minimum atomic E-state index is -0.0860. The number of rotatable bonds is 10. The molecule has 6 nitrogen and oxygen atoms in total. The summed E-state index contributed by atoms with van der Waals surface area (Å²) in [6, 6.07) is 13.2. The Hall–Kier alpha value is -2.84. The quantitative estimate of drug-likeness (QED) is 0.276. The van der Waals surface area contributed by atoms with Crippen LogP contribution in [0.1, 0.15) is 36.8 Å². The number of amides is 2. The lowest BCUT2D eigenvalue weighted by Crippen LogP contribution is -2.29. The largest absolute Gasteiger partial charge is 0.493 e. The van der Waals surface area contributed by atoms with Gasteiger partial charge in [0.1, 0.15) is 4.32 Å². The number of para-hydroxylation sites is 1. The van der Waals surface area contributed by atoms with E-state index in [0.29, 0.717) is 33.7 Å². The number of ether oxygens (including phenoxy) is 2. The molecule has 33 heavy (non-hydrogen) atoms. The number of hydrogen-bond donors (Lipinski definition) is 1. The molecule has 0 unspecified atom stereocenters. The van der Waals surface area contributed by atoms with Gasteiger partial charge in [0.25, 0.3) is 5.91 Å². The van der Waals surface area contributed by atoms with Gasteiger partial charge in [-0.3, -0.25) is 14.5 Å². The summed E-state index contributed by atoms with van der Waals surface area (Å²) in [6.45, 7) is 2.52. The normalized spacial score (nSPS) is 14.6. The lowest BCUT2D eigenvalue weighted by atomic mass is 10.1. The van der Waals surface area contributed by atoms with Crippen molar-refractivity contribution in [3.05, 3.63) is 58.5 Å². The van der Waals surface area contributed by atoms with Crippen LogP contribution in [0.25, 0.3) is 6.08 Å². The molecule has 0 spiro atoms. The van der Waals surface area contributed by atoms with Crippen molar-refractivity contribution >= 4 is 51.9 Å². The average molecular weight is 485 g/mol. The Bertz CT molecular complexity index is 1070. The number of unbranched alkanes of at least 4 members (excludes halogenated alkanes) is 2. The molecule has 1 aliphatic rings. The first-order chi connectivity index (χ1) is 15.9. The van der Waals surface area contributed by atoms with Crippen molar-refractivity contribution in [3.63, 3.8) is 0 Å². The summed E-state index contributed by atoms with van der Waals surface area (Å²) in [7, 11) is 3.16. The Kier molecular flexibility index (Phi) is 8.91. The number of nitrogens with one attached hydrogen (secondary N) is 1. The molecule has 3 rings (SSSR count). The zero-order valence-corrected chi connectivity index (χ0v) is 20.7. The number of carbonyl (C=O) groups is 2. The molecule has 0 aromatic heterocycles. The van der Waals surface area contributed by atoms with Crippen molar-refractivity contribution in [1.29, 1.82) is 0 Å². The fourth-order valence-electron chi connectivity index (χ4n) is 3.44. The number of thiocarbonyl (C=S) groups is 1. The third-order valence-electron chi connectivity index (χ3n) is 5.28. The third-order valence-corrected chi connectivity index (χ3v) is 6.66. The molecule has 8 heteroatoms. The second kappa shape index (κ2) is 11.9. The molecule has 2 aromatic rings. The van der Waals surface area contributed by atoms with Crippen LogP contribution in [0.3, 0.4) is 0 Å². The number of carbonyl (C=O) groups excluding carboxylic acids is 2. The minimum Gasteiger partial charge on any atom is -0.493 e. The van der Waals surface area contributed by atoms with E-state index in [1.165, 1.54) is 11.8 Å². The second-order valence-electron chi connectivity index (χ2n) is 7.62. The number of thioether (sulfide) groups is 1. The summed E-state index contributed by atoms with van der Waals surface area (Å²) in [6.07, 6.45) is 4.65. The molecule has 0 bridgehead atoms. The zero-order chi connectivity index (χ0) is 23.8. The van der Waals surface area contributed by atoms with Crippen LogP contribution in [0.2, 0.25) is 0 Å². The van der Waals surface area contributed by atoms with E-state index in [4.69, 9.17) is 21.7 Å². The molecule has 2 amide bonds. The number of nitrogens with zero attached hydrogens (tertiary/aromatic N) is 1. The van der Waals surface area contributed by atoms with Gasteiger partial charge in [0.05, 0.1) is 19.1 Å². The minimum absolute atomic E-state index is 0.00719. The topological polar surface area (TPSA) is 67.9 Å². The Morgan fingerprint density at radius 3 is 2.58 bits per heavy atom. The predicted octanol–water partition coefficient (Wildman–Crippen LogP) is 5.41. The smallest absolute Gasteiger partial charge is 0.266 e. The Morgan fingerprint density at radius 1 is 1.09 bits per heavy atom. The molecule has 0 atom stereocenters. The molecule has 1 saturated heterocycles. The number of benzene rings is 2. The van der Waals surface area contributed by atoms with Crippen LogP contribution in [-0.2, 0) is 9.59 Å². The number of aryl methyl sites for hydroxylation is 1. The molecule has 1 heterocycles. The summed E-state index contributed by atoms with van der Waals surface area (Å²) < 4.78 is 11.1. The zero-order valence-electron chi connectivity index (χ0n) is 19.1. The van der Waals surface area contributed by atoms with Gasteiger partial charge >= 0.3 is 0 Å². The van der Waals surface area contributed by atoms with E-state index in [-0.39, 0.29) is 11.8 Å². The molecule has 1 fully saturated rings. The second-order valence-corrected chi connectivity index (χ2v) is 9.30. The molecule has 0 aliphatic carbocycles. The van der Waals surface area contributed by atoms with Crippen LogP contribution in [0.15, 0.2) is 47.4 Å². The van der Waals surface area contributed by atoms with E-state index in [0.717, 1.165) is 36.1 Å². The summed E-state index contributed by atoms with van der Waals surface area (Å²) in [5.41, 5.74) is 2.73. The third kappa shape index (κ3) is 6.58. The highest BCUT2D eigenvalue weighted by atomic mass is 32.2. The highest BCUT2D eigenvalue weighted by molar-refractivity contribution is 8.26. The molecular weight excluding hydrogens is 456 g/mol. The first-order valence-electron chi connectivity index (χ1n) is 10.8. The number of hydrogen-bond acceptors (Lipinski definition) is 6. The van der Waals surface area contributed by atoms with Crippen molar-refractivity contribution in [1.82, 2.24) is 4.90 Å². The van der Waals surface area contributed by atoms with Crippen molar-refractivity contribution in [3.8, 4) is 11.5 Å². The fourth-order valence-corrected chi connectivity index (χ4v) is 4.75. The molecule has 1 aliphatic heterocycles.